The highest BCUT2D eigenvalue weighted by Gasteiger charge is 2.35. The molecule has 0 heterocycles. The minimum Gasteiger partial charge on any atom is -0.352 e. The molecule has 0 saturated heterocycles. The highest BCUT2D eigenvalue weighted by molar-refractivity contribution is 7.92. The number of carbonyl (C=O) groups is 2. The predicted molar refractivity (Wildman–Crippen MR) is 169 cm³/mol. The lowest BCUT2D eigenvalue weighted by Crippen LogP contribution is -2.53. The van der Waals surface area contributed by atoms with E-state index in [1.165, 1.54) is 29.2 Å². The van der Waals surface area contributed by atoms with Crippen LogP contribution in [0, 0.1) is 6.92 Å². The Morgan fingerprint density at radius 1 is 0.952 bits per heavy atom. The lowest BCUT2D eigenvalue weighted by atomic mass is 10.1. The first-order valence-electron chi connectivity index (χ1n) is 13.9. The van der Waals surface area contributed by atoms with Gasteiger partial charge in [0.15, 0.2) is 0 Å². The molecule has 1 saturated carbocycles. The Hall–Kier alpha value is -2.78. The molecule has 0 spiro atoms. The standard InChI is InChI=1S/C31H34Cl3N3O4S/c1-3-28(31(39)35-24-9-5-6-10-24)36(19-22-12-17-26(33)27(34)18-22)30(38)20-37(29-11-7-4-8-21(29)2)42(40,41)25-15-13-23(32)14-16-25/h4,7-8,11-18,24,28H,3,5-6,9-10,19-20H2,1-2H3,(H,35,39)/t28-/m0/s1. The molecule has 1 aliphatic carbocycles. The lowest BCUT2D eigenvalue weighted by Gasteiger charge is -2.34. The van der Waals surface area contributed by atoms with Gasteiger partial charge < -0.3 is 10.2 Å². The first-order chi connectivity index (χ1) is 20.0. The van der Waals surface area contributed by atoms with E-state index in [0.29, 0.717) is 38.3 Å². The van der Waals surface area contributed by atoms with E-state index in [4.69, 9.17) is 34.8 Å². The highest BCUT2D eigenvalue weighted by Crippen LogP contribution is 2.29. The van der Waals surface area contributed by atoms with Gasteiger partial charge in [-0.25, -0.2) is 8.42 Å². The van der Waals surface area contributed by atoms with Crippen LogP contribution in [0.15, 0.2) is 71.6 Å². The maximum Gasteiger partial charge on any atom is 0.264 e. The van der Waals surface area contributed by atoms with Gasteiger partial charge in [-0.15, -0.1) is 0 Å². The summed E-state index contributed by atoms with van der Waals surface area (Å²) in [5, 5.41) is 4.17. The summed E-state index contributed by atoms with van der Waals surface area (Å²) in [7, 11) is -4.19. The van der Waals surface area contributed by atoms with Crippen molar-refractivity contribution in [3.63, 3.8) is 0 Å². The minimum atomic E-state index is -4.19. The minimum absolute atomic E-state index is 0.00926. The monoisotopic (exact) mass is 649 g/mol. The number of halogens is 3. The largest absolute Gasteiger partial charge is 0.352 e. The summed E-state index contributed by atoms with van der Waals surface area (Å²) in [6.45, 7) is 3.12. The van der Waals surface area contributed by atoms with E-state index >= 15 is 0 Å². The molecule has 3 aromatic rings. The molecule has 0 unspecified atom stereocenters. The predicted octanol–water partition coefficient (Wildman–Crippen LogP) is 7.02. The third-order valence-corrected chi connectivity index (χ3v) is 10.3. The molecular weight excluding hydrogens is 617 g/mol. The van der Waals surface area contributed by atoms with E-state index in [1.807, 2.05) is 6.92 Å². The van der Waals surface area contributed by atoms with Crippen molar-refractivity contribution in [1.82, 2.24) is 10.2 Å². The zero-order valence-corrected chi connectivity index (χ0v) is 26.6. The number of hydrogen-bond acceptors (Lipinski definition) is 4. The van der Waals surface area contributed by atoms with Crippen molar-refractivity contribution < 1.29 is 18.0 Å². The van der Waals surface area contributed by atoms with Gasteiger partial charge in [0, 0.05) is 17.6 Å². The van der Waals surface area contributed by atoms with Gasteiger partial charge in [0.1, 0.15) is 12.6 Å². The van der Waals surface area contributed by atoms with Gasteiger partial charge in [-0.05, 0) is 79.8 Å². The number of carbonyl (C=O) groups excluding carboxylic acids is 2. The van der Waals surface area contributed by atoms with E-state index in [2.05, 4.69) is 5.32 Å². The second kappa shape index (κ2) is 14.1. The van der Waals surface area contributed by atoms with Crippen LogP contribution in [0.4, 0.5) is 5.69 Å². The Morgan fingerprint density at radius 2 is 1.62 bits per heavy atom. The molecule has 1 N–H and O–H groups in total. The second-order valence-corrected chi connectivity index (χ2v) is 13.5. The van der Waals surface area contributed by atoms with E-state index in [9.17, 15) is 18.0 Å². The first kappa shape index (κ1) is 32.1. The Labute approximate surface area is 262 Å². The van der Waals surface area contributed by atoms with E-state index < -0.39 is 28.5 Å². The van der Waals surface area contributed by atoms with Gasteiger partial charge in [-0.1, -0.05) is 78.8 Å². The summed E-state index contributed by atoms with van der Waals surface area (Å²) >= 11 is 18.4. The number of nitrogens with one attached hydrogen (secondary N) is 1. The molecule has 2 amide bonds. The molecule has 1 atom stereocenters. The Balaban J connectivity index is 1.73. The molecule has 1 fully saturated rings. The Bertz CT molecular complexity index is 1530. The number of amides is 2. The van der Waals surface area contributed by atoms with Crippen molar-refractivity contribution >= 4 is 62.3 Å². The third kappa shape index (κ3) is 7.59. The van der Waals surface area contributed by atoms with Crippen LogP contribution in [0.25, 0.3) is 0 Å². The number of para-hydroxylation sites is 1. The lowest BCUT2D eigenvalue weighted by molar-refractivity contribution is -0.140. The number of benzene rings is 3. The van der Waals surface area contributed by atoms with Crippen LogP contribution < -0.4 is 9.62 Å². The van der Waals surface area contributed by atoms with Crippen LogP contribution >= 0.6 is 34.8 Å². The molecule has 4 rings (SSSR count). The van der Waals surface area contributed by atoms with E-state index in [0.717, 1.165) is 30.0 Å². The molecular formula is C31H34Cl3N3O4S. The second-order valence-electron chi connectivity index (χ2n) is 10.4. The quantitative estimate of drug-likeness (QED) is 0.242. The summed E-state index contributed by atoms with van der Waals surface area (Å²) < 4.78 is 29.1. The topological polar surface area (TPSA) is 86.8 Å². The SMILES string of the molecule is CC[C@@H](C(=O)NC1CCCC1)N(Cc1ccc(Cl)c(Cl)c1)C(=O)CN(c1ccccc1C)S(=O)(=O)c1ccc(Cl)cc1. The highest BCUT2D eigenvalue weighted by atomic mass is 35.5. The van der Waals surface area contributed by atoms with Gasteiger partial charge in [0.25, 0.3) is 10.0 Å². The van der Waals surface area contributed by atoms with Crippen molar-refractivity contribution in [1.29, 1.82) is 0 Å². The Morgan fingerprint density at radius 3 is 2.24 bits per heavy atom. The van der Waals surface area contributed by atoms with Crippen molar-refractivity contribution in [2.75, 3.05) is 10.8 Å². The maximum absolute atomic E-state index is 14.2. The number of sulfonamides is 1. The van der Waals surface area contributed by atoms with Crippen molar-refractivity contribution in [2.24, 2.45) is 0 Å². The normalized spacial score (nSPS) is 14.4. The fraction of sp³-hybridized carbons (Fsp3) is 0.355. The van der Waals surface area contributed by atoms with Gasteiger partial charge >= 0.3 is 0 Å². The Kier molecular flexibility index (Phi) is 10.8. The van der Waals surface area contributed by atoms with Crippen LogP contribution in [-0.2, 0) is 26.2 Å². The van der Waals surface area contributed by atoms with Crippen molar-refractivity contribution in [2.45, 2.75) is 69.5 Å². The zero-order valence-electron chi connectivity index (χ0n) is 23.5. The molecule has 224 valence electrons. The smallest absolute Gasteiger partial charge is 0.264 e. The molecule has 0 aliphatic heterocycles. The number of rotatable bonds is 11. The van der Waals surface area contributed by atoms with Crippen molar-refractivity contribution in [3.05, 3.63) is 92.9 Å². The van der Waals surface area contributed by atoms with E-state index in [1.54, 1.807) is 49.4 Å². The van der Waals surface area contributed by atoms with Crippen LogP contribution in [0.3, 0.4) is 0 Å². The number of nitrogens with zero attached hydrogens (tertiary/aromatic N) is 2. The molecule has 3 aromatic carbocycles. The average molecular weight is 651 g/mol. The fourth-order valence-electron chi connectivity index (χ4n) is 5.21. The van der Waals surface area contributed by atoms with Crippen LogP contribution in [0.2, 0.25) is 15.1 Å². The van der Waals surface area contributed by atoms with Crippen LogP contribution in [0.5, 0.6) is 0 Å². The van der Waals surface area contributed by atoms with Gasteiger partial charge in [0.05, 0.1) is 20.6 Å². The average Bonchev–Trinajstić information content (AvgIpc) is 3.47. The van der Waals surface area contributed by atoms with Crippen LogP contribution in [0.1, 0.15) is 50.2 Å². The first-order valence-corrected chi connectivity index (χ1v) is 16.5. The number of hydrogen-bond donors (Lipinski definition) is 1. The summed E-state index contributed by atoms with van der Waals surface area (Å²) in [5.74, 6) is -0.795. The van der Waals surface area contributed by atoms with E-state index in [-0.39, 0.29) is 23.4 Å². The zero-order chi connectivity index (χ0) is 30.4. The van der Waals surface area contributed by atoms with Gasteiger partial charge in [0.2, 0.25) is 11.8 Å². The summed E-state index contributed by atoms with van der Waals surface area (Å²) in [6, 6.07) is 17.0. The molecule has 0 bridgehead atoms. The van der Waals surface area contributed by atoms with Gasteiger partial charge in [-0.2, -0.15) is 0 Å². The molecule has 7 nitrogen and oxygen atoms in total. The molecule has 42 heavy (non-hydrogen) atoms. The summed E-state index contributed by atoms with van der Waals surface area (Å²) in [5.41, 5.74) is 1.69. The summed E-state index contributed by atoms with van der Waals surface area (Å²) in [6.07, 6.45) is 4.20. The number of anilines is 1. The van der Waals surface area contributed by atoms with Gasteiger partial charge in [-0.3, -0.25) is 13.9 Å². The molecule has 11 heteroatoms. The third-order valence-electron chi connectivity index (χ3n) is 7.49. The fourth-order valence-corrected chi connectivity index (χ4v) is 7.14. The van der Waals surface area contributed by atoms with Crippen LogP contribution in [-0.4, -0.2) is 43.8 Å². The van der Waals surface area contributed by atoms with Crippen molar-refractivity contribution in [3.8, 4) is 0 Å². The molecule has 1 aliphatic rings. The maximum atomic E-state index is 14.2. The molecule has 0 aromatic heterocycles. The number of aryl methyl sites for hydroxylation is 1. The summed E-state index contributed by atoms with van der Waals surface area (Å²) in [4.78, 5) is 29.2. The molecule has 0 radical (unpaired) electrons.